The first kappa shape index (κ1) is 26.4. The fourth-order valence-corrected chi connectivity index (χ4v) is 4.24. The highest BCUT2D eigenvalue weighted by Crippen LogP contribution is 2.27. The Kier molecular flexibility index (Phi) is 10.9. The molecule has 0 saturated heterocycles. The van der Waals surface area contributed by atoms with Gasteiger partial charge in [-0.15, -0.1) is 12.4 Å². The Morgan fingerprint density at radius 3 is 2.27 bits per heavy atom. The van der Waals surface area contributed by atoms with Crippen LogP contribution >= 0.6 is 12.4 Å². The van der Waals surface area contributed by atoms with Gasteiger partial charge in [-0.05, 0) is 35.6 Å². The fourth-order valence-electron chi connectivity index (χ4n) is 4.24. The third-order valence-corrected chi connectivity index (χ3v) is 6.11. The molecule has 0 heterocycles. The molecule has 176 valence electrons. The Labute approximate surface area is 202 Å². The molecular weight excluding hydrogens is 436 g/mol. The summed E-state index contributed by atoms with van der Waals surface area (Å²) < 4.78 is 0. The van der Waals surface area contributed by atoms with Gasteiger partial charge in [-0.3, -0.25) is 9.59 Å². The maximum atomic E-state index is 13.0. The summed E-state index contributed by atoms with van der Waals surface area (Å²) in [5.74, 6) is -0.0382. The molecule has 1 unspecified atom stereocenters. The average Bonchev–Trinajstić information content (AvgIpc) is 2.83. The topological polar surface area (TPSA) is 108 Å². The number of rotatable bonds is 9. The smallest absolute Gasteiger partial charge is 0.243 e. The zero-order valence-electron chi connectivity index (χ0n) is 18.8. The van der Waals surface area contributed by atoms with E-state index in [2.05, 4.69) is 16.7 Å². The number of nitrogens with two attached hydrogens (primary N) is 1. The second kappa shape index (κ2) is 13.6. The van der Waals surface area contributed by atoms with Crippen LogP contribution in [0.25, 0.3) is 0 Å². The molecule has 2 amide bonds. The van der Waals surface area contributed by atoms with Crippen molar-refractivity contribution in [2.75, 3.05) is 0 Å². The maximum Gasteiger partial charge on any atom is 0.243 e. The molecule has 0 radical (unpaired) electrons. The van der Waals surface area contributed by atoms with E-state index in [1.807, 2.05) is 42.5 Å². The highest BCUT2D eigenvalue weighted by atomic mass is 35.5. The average molecular weight is 469 g/mol. The van der Waals surface area contributed by atoms with Gasteiger partial charge in [-0.25, -0.2) is 0 Å². The second-order valence-electron chi connectivity index (χ2n) is 8.62. The number of hydrogen-bond donors (Lipinski definition) is 3. The molecule has 33 heavy (non-hydrogen) atoms. The minimum absolute atomic E-state index is 0. The Balaban J connectivity index is 0.00000385. The minimum atomic E-state index is -0.708. The number of nitriles is 1. The van der Waals surface area contributed by atoms with Gasteiger partial charge in [0, 0.05) is 13.0 Å². The van der Waals surface area contributed by atoms with E-state index >= 15 is 0 Å². The lowest BCUT2D eigenvalue weighted by atomic mass is 9.85. The van der Waals surface area contributed by atoms with Gasteiger partial charge < -0.3 is 16.4 Å². The van der Waals surface area contributed by atoms with E-state index in [1.54, 1.807) is 12.1 Å². The number of amides is 2. The zero-order valence-corrected chi connectivity index (χ0v) is 19.7. The summed E-state index contributed by atoms with van der Waals surface area (Å²) in [5.41, 5.74) is 8.63. The second-order valence-corrected chi connectivity index (χ2v) is 8.62. The van der Waals surface area contributed by atoms with Crippen LogP contribution in [-0.4, -0.2) is 23.9 Å². The number of benzene rings is 2. The molecule has 0 bridgehead atoms. The van der Waals surface area contributed by atoms with Gasteiger partial charge >= 0.3 is 0 Å². The lowest BCUT2D eigenvalue weighted by molar-refractivity contribution is -0.129. The predicted molar refractivity (Wildman–Crippen MR) is 131 cm³/mol. The van der Waals surface area contributed by atoms with Crippen LogP contribution in [-0.2, 0) is 22.6 Å². The molecule has 3 rings (SSSR count). The van der Waals surface area contributed by atoms with Crippen molar-refractivity contribution in [3.8, 4) is 6.07 Å². The molecule has 0 aliphatic heterocycles. The highest BCUT2D eigenvalue weighted by Gasteiger charge is 2.26. The Hall–Kier alpha value is -2.88. The summed E-state index contributed by atoms with van der Waals surface area (Å²) in [6, 6.07) is 17.4. The van der Waals surface area contributed by atoms with Crippen LogP contribution in [0.3, 0.4) is 0 Å². The number of nitrogens with zero attached hydrogens (tertiary/aromatic N) is 1. The van der Waals surface area contributed by atoms with Crippen molar-refractivity contribution in [1.82, 2.24) is 10.6 Å². The molecule has 2 atom stereocenters. The molecule has 0 aromatic heterocycles. The van der Waals surface area contributed by atoms with Gasteiger partial charge in [0.05, 0.1) is 17.7 Å². The normalized spacial score (nSPS) is 15.4. The summed E-state index contributed by atoms with van der Waals surface area (Å²) >= 11 is 0. The Morgan fingerprint density at radius 1 is 0.970 bits per heavy atom. The fraction of sp³-hybridized carbons (Fsp3) is 0.423. The van der Waals surface area contributed by atoms with Crippen LogP contribution in [0.4, 0.5) is 0 Å². The number of nitrogens with one attached hydrogen (secondary N) is 2. The monoisotopic (exact) mass is 468 g/mol. The van der Waals surface area contributed by atoms with Crippen molar-refractivity contribution in [2.45, 2.75) is 63.6 Å². The minimum Gasteiger partial charge on any atom is -0.350 e. The predicted octanol–water partition coefficient (Wildman–Crippen LogP) is 3.62. The van der Waals surface area contributed by atoms with E-state index in [0.717, 1.165) is 24.0 Å². The molecule has 6 nitrogen and oxygen atoms in total. The van der Waals surface area contributed by atoms with E-state index in [0.29, 0.717) is 30.9 Å². The first-order valence-electron chi connectivity index (χ1n) is 11.4. The van der Waals surface area contributed by atoms with Gasteiger partial charge in [0.25, 0.3) is 0 Å². The van der Waals surface area contributed by atoms with Crippen molar-refractivity contribution in [2.24, 2.45) is 11.7 Å². The summed E-state index contributed by atoms with van der Waals surface area (Å²) in [7, 11) is 0. The molecule has 7 heteroatoms. The zero-order chi connectivity index (χ0) is 22.8. The van der Waals surface area contributed by atoms with Crippen molar-refractivity contribution in [1.29, 1.82) is 5.26 Å². The van der Waals surface area contributed by atoms with Crippen LogP contribution in [0, 0.1) is 17.2 Å². The SMILES string of the molecule is Cl.N#Cc1ccc(CNC(=O)[C@H](Cc2ccccc2)NC(=O)C(N)CC2CCCCC2)cc1. The molecule has 1 aliphatic carbocycles. The maximum absolute atomic E-state index is 13.0. The third-order valence-electron chi connectivity index (χ3n) is 6.11. The van der Waals surface area contributed by atoms with Gasteiger partial charge in [-0.2, -0.15) is 5.26 Å². The number of carbonyl (C=O) groups is 2. The number of halogens is 1. The van der Waals surface area contributed by atoms with Crippen LogP contribution < -0.4 is 16.4 Å². The summed E-state index contributed by atoms with van der Waals surface area (Å²) in [4.78, 5) is 25.8. The molecule has 2 aromatic carbocycles. The van der Waals surface area contributed by atoms with Crippen molar-refractivity contribution in [3.63, 3.8) is 0 Å². The van der Waals surface area contributed by atoms with Gasteiger partial charge in [0.1, 0.15) is 6.04 Å². The molecule has 1 fully saturated rings. The summed E-state index contributed by atoms with van der Waals surface area (Å²) in [6.07, 6.45) is 6.97. The van der Waals surface area contributed by atoms with Crippen molar-refractivity contribution < 1.29 is 9.59 Å². The lowest BCUT2D eigenvalue weighted by Crippen LogP contribution is -2.52. The van der Waals surface area contributed by atoms with Crippen LogP contribution in [0.2, 0.25) is 0 Å². The standard InChI is InChI=1S/C26H32N4O2.ClH/c27-17-21-11-13-22(14-12-21)18-29-26(32)24(16-20-9-5-2-6-10-20)30-25(31)23(28)15-19-7-3-1-4-8-19;/h2,5-6,9-14,19,23-24H,1,3-4,7-8,15-16,18,28H2,(H,29,32)(H,30,31);1H/t23?,24-;/m0./s1. The van der Waals surface area contributed by atoms with Crippen LogP contribution in [0.15, 0.2) is 54.6 Å². The van der Waals surface area contributed by atoms with Gasteiger partial charge in [-0.1, -0.05) is 74.6 Å². The number of hydrogen-bond acceptors (Lipinski definition) is 4. The quantitative estimate of drug-likeness (QED) is 0.522. The first-order chi connectivity index (χ1) is 15.5. The highest BCUT2D eigenvalue weighted by molar-refractivity contribution is 5.89. The Bertz CT molecular complexity index is 922. The van der Waals surface area contributed by atoms with Crippen molar-refractivity contribution >= 4 is 24.2 Å². The van der Waals surface area contributed by atoms with Gasteiger partial charge in [0.15, 0.2) is 0 Å². The summed E-state index contributed by atoms with van der Waals surface area (Å²) in [5, 5.41) is 14.7. The molecule has 1 saturated carbocycles. The van der Waals surface area contributed by atoms with E-state index in [9.17, 15) is 9.59 Å². The Morgan fingerprint density at radius 2 is 1.64 bits per heavy atom. The van der Waals surface area contributed by atoms with Crippen LogP contribution in [0.5, 0.6) is 0 Å². The molecule has 4 N–H and O–H groups in total. The molecule has 1 aliphatic rings. The van der Waals surface area contributed by atoms with E-state index in [-0.39, 0.29) is 24.2 Å². The third kappa shape index (κ3) is 8.53. The van der Waals surface area contributed by atoms with E-state index in [4.69, 9.17) is 11.0 Å². The van der Waals surface area contributed by atoms with Crippen molar-refractivity contribution in [3.05, 3.63) is 71.3 Å². The lowest BCUT2D eigenvalue weighted by Gasteiger charge is -2.25. The molecule has 0 spiro atoms. The first-order valence-corrected chi connectivity index (χ1v) is 11.4. The van der Waals surface area contributed by atoms with Crippen LogP contribution in [0.1, 0.15) is 55.2 Å². The van der Waals surface area contributed by atoms with E-state index in [1.165, 1.54) is 19.3 Å². The molecule has 2 aromatic rings. The summed E-state index contributed by atoms with van der Waals surface area (Å²) in [6.45, 7) is 0.319. The van der Waals surface area contributed by atoms with E-state index < -0.39 is 12.1 Å². The largest absolute Gasteiger partial charge is 0.350 e. The molecular formula is C26H33ClN4O2. The number of carbonyl (C=O) groups excluding carboxylic acids is 2. The van der Waals surface area contributed by atoms with Gasteiger partial charge in [0.2, 0.25) is 11.8 Å².